The summed E-state index contributed by atoms with van der Waals surface area (Å²) in [6, 6.07) is 7.87. The van der Waals surface area contributed by atoms with E-state index in [2.05, 4.69) is 11.4 Å². The maximum atomic E-state index is 9.42. The number of nitrogens with two attached hydrogens (primary N) is 1. The van der Waals surface area contributed by atoms with E-state index in [0.717, 1.165) is 31.4 Å². The summed E-state index contributed by atoms with van der Waals surface area (Å²) in [6.45, 7) is 0. The number of aliphatic hydroxyl groups is 1. The van der Waals surface area contributed by atoms with Crippen LogP contribution in [0.2, 0.25) is 0 Å². The van der Waals surface area contributed by atoms with Crippen LogP contribution in [0.4, 0.5) is 11.4 Å². The number of hydrogen-bond donors (Lipinski definition) is 3. The van der Waals surface area contributed by atoms with E-state index >= 15 is 0 Å². The van der Waals surface area contributed by atoms with E-state index in [1.54, 1.807) is 12.1 Å². The Morgan fingerprint density at radius 3 is 2.65 bits per heavy atom. The molecule has 17 heavy (non-hydrogen) atoms. The maximum absolute atomic E-state index is 9.42. The minimum Gasteiger partial charge on any atom is -0.398 e. The van der Waals surface area contributed by atoms with Gasteiger partial charge in [0.25, 0.3) is 0 Å². The highest BCUT2D eigenvalue weighted by molar-refractivity contribution is 5.62. The zero-order chi connectivity index (χ0) is 12.3. The molecule has 1 aliphatic rings. The third kappa shape index (κ3) is 2.89. The highest BCUT2D eigenvalue weighted by Gasteiger charge is 2.19. The van der Waals surface area contributed by atoms with Gasteiger partial charge in [0, 0.05) is 17.4 Å². The highest BCUT2D eigenvalue weighted by Crippen LogP contribution is 2.24. The van der Waals surface area contributed by atoms with Crippen LogP contribution in [-0.2, 0) is 0 Å². The standard InChI is InChI=1S/C13H17N3O/c14-8-9-7-11(3-6-13(9)15)16-10-1-4-12(17)5-2-10/h3,6-7,10,12,16-17H,1-2,4-5,15H2. The van der Waals surface area contributed by atoms with Crippen molar-refractivity contribution in [2.24, 2.45) is 0 Å². The third-order valence-corrected chi connectivity index (χ3v) is 3.24. The van der Waals surface area contributed by atoms with E-state index in [9.17, 15) is 5.11 Å². The molecule has 4 nitrogen and oxygen atoms in total. The van der Waals surface area contributed by atoms with Crippen LogP contribution >= 0.6 is 0 Å². The molecule has 0 spiro atoms. The molecule has 2 rings (SSSR count). The van der Waals surface area contributed by atoms with Crippen molar-refractivity contribution in [3.8, 4) is 6.07 Å². The van der Waals surface area contributed by atoms with Crippen LogP contribution in [0.3, 0.4) is 0 Å². The van der Waals surface area contributed by atoms with Gasteiger partial charge in [-0.15, -0.1) is 0 Å². The Hall–Kier alpha value is -1.73. The van der Waals surface area contributed by atoms with Crippen molar-refractivity contribution in [3.63, 3.8) is 0 Å². The largest absolute Gasteiger partial charge is 0.398 e. The second-order valence-corrected chi connectivity index (χ2v) is 4.56. The fourth-order valence-electron chi connectivity index (χ4n) is 2.20. The van der Waals surface area contributed by atoms with E-state index in [1.807, 2.05) is 6.07 Å². The van der Waals surface area contributed by atoms with Crippen LogP contribution in [-0.4, -0.2) is 17.3 Å². The van der Waals surface area contributed by atoms with Crippen LogP contribution in [0.15, 0.2) is 18.2 Å². The number of nitrogen functional groups attached to an aromatic ring is 1. The van der Waals surface area contributed by atoms with Crippen LogP contribution in [0.25, 0.3) is 0 Å². The van der Waals surface area contributed by atoms with Crippen molar-refractivity contribution in [1.29, 1.82) is 5.26 Å². The summed E-state index contributed by atoms with van der Waals surface area (Å²) in [5, 5.41) is 21.7. The maximum Gasteiger partial charge on any atom is 0.101 e. The number of nitrogens with one attached hydrogen (secondary N) is 1. The summed E-state index contributed by atoms with van der Waals surface area (Å²) in [5.74, 6) is 0. The summed E-state index contributed by atoms with van der Waals surface area (Å²) >= 11 is 0. The SMILES string of the molecule is N#Cc1cc(NC2CCC(O)CC2)ccc1N. The Morgan fingerprint density at radius 2 is 2.00 bits per heavy atom. The molecule has 90 valence electrons. The molecule has 0 aromatic heterocycles. The molecule has 0 heterocycles. The lowest BCUT2D eigenvalue weighted by Crippen LogP contribution is -2.28. The number of rotatable bonds is 2. The molecule has 0 amide bonds. The number of nitrogens with zero attached hydrogens (tertiary/aromatic N) is 1. The van der Waals surface area contributed by atoms with Gasteiger partial charge in [0.15, 0.2) is 0 Å². The Kier molecular flexibility index (Phi) is 3.50. The van der Waals surface area contributed by atoms with Gasteiger partial charge in [-0.1, -0.05) is 0 Å². The van der Waals surface area contributed by atoms with Crippen LogP contribution < -0.4 is 11.1 Å². The Labute approximate surface area is 101 Å². The van der Waals surface area contributed by atoms with Gasteiger partial charge in [-0.3, -0.25) is 0 Å². The molecule has 1 saturated carbocycles. The molecule has 0 atom stereocenters. The molecule has 0 unspecified atom stereocenters. The van der Waals surface area contributed by atoms with Gasteiger partial charge in [0.1, 0.15) is 6.07 Å². The van der Waals surface area contributed by atoms with E-state index < -0.39 is 0 Å². The van der Waals surface area contributed by atoms with E-state index in [0.29, 0.717) is 17.3 Å². The Balaban J connectivity index is 2.02. The van der Waals surface area contributed by atoms with Crippen molar-refractivity contribution in [1.82, 2.24) is 0 Å². The van der Waals surface area contributed by atoms with Gasteiger partial charge in [0.2, 0.25) is 0 Å². The molecule has 1 aliphatic carbocycles. The van der Waals surface area contributed by atoms with Crippen LogP contribution in [0, 0.1) is 11.3 Å². The van der Waals surface area contributed by atoms with Gasteiger partial charge >= 0.3 is 0 Å². The van der Waals surface area contributed by atoms with E-state index in [4.69, 9.17) is 11.0 Å². The van der Waals surface area contributed by atoms with Crippen LogP contribution in [0.1, 0.15) is 31.2 Å². The smallest absolute Gasteiger partial charge is 0.101 e. The molecule has 1 aromatic rings. The van der Waals surface area contributed by atoms with Crippen molar-refractivity contribution < 1.29 is 5.11 Å². The molecular weight excluding hydrogens is 214 g/mol. The molecule has 0 radical (unpaired) electrons. The number of hydrogen-bond acceptors (Lipinski definition) is 4. The average molecular weight is 231 g/mol. The summed E-state index contributed by atoms with van der Waals surface area (Å²) in [4.78, 5) is 0. The van der Waals surface area contributed by atoms with E-state index in [-0.39, 0.29) is 6.10 Å². The lowest BCUT2D eigenvalue weighted by molar-refractivity contribution is 0.126. The second kappa shape index (κ2) is 5.07. The van der Waals surface area contributed by atoms with Crippen molar-refractivity contribution in [2.45, 2.75) is 37.8 Å². The number of aliphatic hydroxyl groups excluding tert-OH is 1. The van der Waals surface area contributed by atoms with Crippen LogP contribution in [0.5, 0.6) is 0 Å². The lowest BCUT2D eigenvalue weighted by Gasteiger charge is -2.27. The monoisotopic (exact) mass is 231 g/mol. The molecule has 0 bridgehead atoms. The lowest BCUT2D eigenvalue weighted by atomic mass is 9.93. The normalized spacial score (nSPS) is 24.0. The first-order valence-electron chi connectivity index (χ1n) is 5.93. The minimum atomic E-state index is -0.144. The molecule has 0 saturated heterocycles. The number of anilines is 2. The van der Waals surface area contributed by atoms with Crippen molar-refractivity contribution in [3.05, 3.63) is 23.8 Å². The zero-order valence-corrected chi connectivity index (χ0v) is 9.69. The minimum absolute atomic E-state index is 0.144. The molecule has 0 aliphatic heterocycles. The number of benzene rings is 1. The summed E-state index contributed by atoms with van der Waals surface area (Å²) in [6.07, 6.45) is 3.48. The molecule has 1 aromatic carbocycles. The van der Waals surface area contributed by atoms with Crippen molar-refractivity contribution >= 4 is 11.4 Å². The molecule has 1 fully saturated rings. The van der Waals surface area contributed by atoms with Crippen molar-refractivity contribution in [2.75, 3.05) is 11.1 Å². The summed E-state index contributed by atoms with van der Waals surface area (Å²) < 4.78 is 0. The van der Waals surface area contributed by atoms with Gasteiger partial charge in [-0.2, -0.15) is 5.26 Å². The highest BCUT2D eigenvalue weighted by atomic mass is 16.3. The van der Waals surface area contributed by atoms with Gasteiger partial charge < -0.3 is 16.2 Å². The third-order valence-electron chi connectivity index (χ3n) is 3.24. The Morgan fingerprint density at radius 1 is 1.29 bits per heavy atom. The predicted octanol–water partition coefficient (Wildman–Crippen LogP) is 1.86. The fourth-order valence-corrected chi connectivity index (χ4v) is 2.20. The summed E-state index contributed by atoms with van der Waals surface area (Å²) in [7, 11) is 0. The number of nitriles is 1. The topological polar surface area (TPSA) is 82.1 Å². The molecule has 4 heteroatoms. The van der Waals surface area contributed by atoms with Gasteiger partial charge in [-0.25, -0.2) is 0 Å². The van der Waals surface area contributed by atoms with Gasteiger partial charge in [-0.05, 0) is 43.9 Å². The van der Waals surface area contributed by atoms with Gasteiger partial charge in [0.05, 0.1) is 11.7 Å². The second-order valence-electron chi connectivity index (χ2n) is 4.56. The fraction of sp³-hybridized carbons (Fsp3) is 0.462. The average Bonchev–Trinajstić information content (AvgIpc) is 2.34. The molecular formula is C13H17N3O. The zero-order valence-electron chi connectivity index (χ0n) is 9.69. The Bertz CT molecular complexity index is 431. The summed E-state index contributed by atoms with van der Waals surface area (Å²) in [5.41, 5.74) is 7.61. The molecule has 4 N–H and O–H groups in total. The van der Waals surface area contributed by atoms with E-state index in [1.165, 1.54) is 0 Å². The first-order valence-corrected chi connectivity index (χ1v) is 5.93. The first kappa shape index (κ1) is 11.7. The quantitative estimate of drug-likeness (QED) is 0.678. The predicted molar refractivity (Wildman–Crippen MR) is 67.5 cm³/mol. The first-order chi connectivity index (χ1) is 8.19.